The first-order chi connectivity index (χ1) is 20.4. The lowest BCUT2D eigenvalue weighted by Crippen LogP contribution is -2.54. The molecule has 0 aliphatic carbocycles. The molecule has 3 aromatic rings. The quantitative estimate of drug-likeness (QED) is 0.321. The third kappa shape index (κ3) is 4.69. The maximum absolute atomic E-state index is 16.5. The number of pyridine rings is 1. The van der Waals surface area contributed by atoms with E-state index < -0.39 is 51.0 Å². The number of nitrogen functional groups attached to an aromatic ring is 1. The minimum absolute atomic E-state index is 0.0752. The molecule has 6 heterocycles. The molecule has 4 aliphatic rings. The first-order valence-electron chi connectivity index (χ1n) is 13.9. The summed E-state index contributed by atoms with van der Waals surface area (Å²) in [5, 5.41) is -0.617. The lowest BCUT2D eigenvalue weighted by Gasteiger charge is -2.44. The van der Waals surface area contributed by atoms with Crippen LogP contribution in [0.15, 0.2) is 12.1 Å². The standard InChI is InChI=1S/C28H28ClF5N6O3/c1-39-9-26(10-41-11-26)12-42-24-18-22(20(31)21(36-24)16-5-15(35)6-17(29)19(16)28(32,33)34)37-25(38-23(18)39)43-13-27-3-2-4-40(27)8-14(30)7-27/h5-6,14H,2-4,7-13,35H2,1H3/t14-,27+/m1/s1. The number of aromatic nitrogens is 3. The van der Waals surface area contributed by atoms with Crippen molar-refractivity contribution >= 4 is 34.0 Å². The molecule has 0 radical (unpaired) electrons. The average molecular weight is 627 g/mol. The van der Waals surface area contributed by atoms with Crippen molar-refractivity contribution in [2.75, 3.05) is 63.7 Å². The van der Waals surface area contributed by atoms with Crippen molar-refractivity contribution in [1.29, 1.82) is 0 Å². The smallest absolute Gasteiger partial charge is 0.418 e. The predicted octanol–water partition coefficient (Wildman–Crippen LogP) is 4.89. The van der Waals surface area contributed by atoms with Crippen LogP contribution >= 0.6 is 11.6 Å². The third-order valence-corrected chi connectivity index (χ3v) is 9.16. The summed E-state index contributed by atoms with van der Waals surface area (Å²) in [6.07, 6.45) is -4.02. The van der Waals surface area contributed by atoms with E-state index >= 15 is 4.39 Å². The Morgan fingerprint density at radius 2 is 1.98 bits per heavy atom. The Bertz CT molecular complexity index is 1620. The van der Waals surface area contributed by atoms with E-state index in [0.717, 1.165) is 31.5 Å². The largest absolute Gasteiger partial charge is 0.476 e. The van der Waals surface area contributed by atoms with Gasteiger partial charge >= 0.3 is 12.2 Å². The second-order valence-corrected chi connectivity index (χ2v) is 12.5. The topological polar surface area (TPSA) is 98.9 Å². The van der Waals surface area contributed by atoms with Crippen molar-refractivity contribution in [3.8, 4) is 23.1 Å². The first-order valence-corrected chi connectivity index (χ1v) is 14.3. The molecule has 2 N–H and O–H groups in total. The van der Waals surface area contributed by atoms with Crippen LogP contribution in [0.1, 0.15) is 24.8 Å². The first kappa shape index (κ1) is 28.5. The van der Waals surface area contributed by atoms with Gasteiger partial charge in [0.05, 0.1) is 34.8 Å². The highest BCUT2D eigenvalue weighted by atomic mass is 35.5. The van der Waals surface area contributed by atoms with E-state index in [-0.39, 0.29) is 47.5 Å². The molecule has 0 unspecified atom stereocenters. The van der Waals surface area contributed by atoms with Gasteiger partial charge in [0, 0.05) is 37.8 Å². The van der Waals surface area contributed by atoms with E-state index in [1.165, 1.54) is 0 Å². The van der Waals surface area contributed by atoms with E-state index in [1.807, 2.05) is 0 Å². The Kier molecular flexibility index (Phi) is 6.57. The molecular formula is C28H28ClF5N6O3. The monoisotopic (exact) mass is 626 g/mol. The van der Waals surface area contributed by atoms with Crippen molar-refractivity contribution < 1.29 is 36.2 Å². The van der Waals surface area contributed by atoms with Gasteiger partial charge < -0.3 is 24.8 Å². The van der Waals surface area contributed by atoms with Gasteiger partial charge in [-0.2, -0.15) is 23.1 Å². The molecule has 0 amide bonds. The van der Waals surface area contributed by atoms with Crippen molar-refractivity contribution in [2.45, 2.75) is 37.1 Å². The summed E-state index contributed by atoms with van der Waals surface area (Å²) in [6.45, 7) is 2.45. The van der Waals surface area contributed by atoms with E-state index in [1.54, 1.807) is 11.9 Å². The second-order valence-electron chi connectivity index (χ2n) is 12.1. The number of nitrogens with zero attached hydrogens (tertiary/aromatic N) is 5. The van der Waals surface area contributed by atoms with Crippen molar-refractivity contribution in [2.24, 2.45) is 5.41 Å². The number of halogens is 6. The van der Waals surface area contributed by atoms with Gasteiger partial charge in [0.15, 0.2) is 5.82 Å². The molecule has 3 fully saturated rings. The Morgan fingerprint density at radius 3 is 2.70 bits per heavy atom. The molecule has 9 nitrogen and oxygen atoms in total. The fourth-order valence-electron chi connectivity index (χ4n) is 6.89. The summed E-state index contributed by atoms with van der Waals surface area (Å²) in [5.74, 6) is -1.06. The van der Waals surface area contributed by atoms with Gasteiger partial charge in [0.2, 0.25) is 5.88 Å². The van der Waals surface area contributed by atoms with E-state index in [0.29, 0.717) is 32.7 Å². The molecule has 2 aromatic heterocycles. The molecule has 2 atom stereocenters. The van der Waals surface area contributed by atoms with Crippen LogP contribution in [-0.4, -0.2) is 84.7 Å². The highest BCUT2D eigenvalue weighted by Gasteiger charge is 2.50. The third-order valence-electron chi connectivity index (χ3n) is 8.86. The molecule has 15 heteroatoms. The van der Waals surface area contributed by atoms with Gasteiger partial charge in [-0.3, -0.25) is 4.90 Å². The van der Waals surface area contributed by atoms with Crippen LogP contribution in [0.2, 0.25) is 5.02 Å². The fourth-order valence-corrected chi connectivity index (χ4v) is 7.22. The molecule has 0 bridgehead atoms. The summed E-state index contributed by atoms with van der Waals surface area (Å²) in [4.78, 5) is 17.0. The molecule has 0 saturated carbocycles. The fraction of sp³-hybridized carbons (Fsp3) is 0.536. The van der Waals surface area contributed by atoms with E-state index in [9.17, 15) is 17.6 Å². The van der Waals surface area contributed by atoms with Gasteiger partial charge in [0.25, 0.3) is 0 Å². The Hall–Kier alpha value is -3.23. The van der Waals surface area contributed by atoms with Gasteiger partial charge in [-0.15, -0.1) is 0 Å². The van der Waals surface area contributed by atoms with Crippen LogP contribution in [0.25, 0.3) is 22.2 Å². The molecule has 1 aromatic carbocycles. The van der Waals surface area contributed by atoms with Gasteiger partial charge in [0.1, 0.15) is 41.8 Å². The van der Waals surface area contributed by atoms with Crippen LogP contribution in [0.5, 0.6) is 11.9 Å². The molecular weight excluding hydrogens is 599 g/mol. The number of hydrogen-bond acceptors (Lipinski definition) is 9. The molecule has 43 heavy (non-hydrogen) atoms. The summed E-state index contributed by atoms with van der Waals surface area (Å²) >= 11 is 5.98. The second kappa shape index (κ2) is 9.89. The highest BCUT2D eigenvalue weighted by Crippen LogP contribution is 2.47. The Morgan fingerprint density at radius 1 is 1.19 bits per heavy atom. The number of ether oxygens (including phenoxy) is 3. The zero-order valence-corrected chi connectivity index (χ0v) is 23.9. The van der Waals surface area contributed by atoms with E-state index in [2.05, 4.69) is 19.9 Å². The van der Waals surface area contributed by atoms with Crippen molar-refractivity contribution in [3.63, 3.8) is 0 Å². The maximum atomic E-state index is 16.5. The maximum Gasteiger partial charge on any atom is 0.418 e. The van der Waals surface area contributed by atoms with Gasteiger partial charge in [-0.05, 0) is 31.5 Å². The lowest BCUT2D eigenvalue weighted by molar-refractivity contribution is -0.137. The number of benzene rings is 1. The molecule has 3 saturated heterocycles. The van der Waals surface area contributed by atoms with Crippen molar-refractivity contribution in [1.82, 2.24) is 19.9 Å². The summed E-state index contributed by atoms with van der Waals surface area (Å²) in [5.41, 5.74) is 1.80. The number of rotatable bonds is 4. The minimum atomic E-state index is -4.95. The minimum Gasteiger partial charge on any atom is -0.476 e. The van der Waals surface area contributed by atoms with Crippen LogP contribution in [0.4, 0.5) is 33.5 Å². The molecule has 7 rings (SSSR count). The summed E-state index contributed by atoms with van der Waals surface area (Å²) in [6, 6.07) is 1.72. The average Bonchev–Trinajstić information content (AvgIpc) is 3.43. The lowest BCUT2D eigenvalue weighted by atomic mass is 9.86. The van der Waals surface area contributed by atoms with Crippen LogP contribution in [0.3, 0.4) is 0 Å². The van der Waals surface area contributed by atoms with Crippen molar-refractivity contribution in [3.05, 3.63) is 28.5 Å². The SMILES string of the molecule is CN1CC2(COC2)COc2nc(-c3cc(N)cc(Cl)c3C(F)(F)F)c(F)c3nc(OC[C@@]45CCCN4C[C@H](F)C5)nc1c23. The van der Waals surface area contributed by atoms with Gasteiger partial charge in [-0.1, -0.05) is 11.6 Å². The number of fused-ring (bicyclic) bond motifs is 1. The Labute approximate surface area is 248 Å². The summed E-state index contributed by atoms with van der Waals surface area (Å²) in [7, 11) is 1.76. The molecule has 230 valence electrons. The zero-order chi connectivity index (χ0) is 30.3. The molecule has 1 spiro atoms. The highest BCUT2D eigenvalue weighted by molar-refractivity contribution is 6.32. The summed E-state index contributed by atoms with van der Waals surface area (Å²) < 4.78 is 91.0. The predicted molar refractivity (Wildman–Crippen MR) is 148 cm³/mol. The van der Waals surface area contributed by atoms with Gasteiger partial charge in [-0.25, -0.2) is 13.8 Å². The molecule has 4 aliphatic heterocycles. The van der Waals surface area contributed by atoms with E-state index in [4.69, 9.17) is 31.5 Å². The van der Waals surface area contributed by atoms with Crippen LogP contribution in [-0.2, 0) is 10.9 Å². The van der Waals surface area contributed by atoms with Crippen LogP contribution < -0.4 is 20.1 Å². The number of anilines is 2. The number of nitrogens with two attached hydrogens (primary N) is 1. The zero-order valence-electron chi connectivity index (χ0n) is 23.1. The number of alkyl halides is 4. The van der Waals surface area contributed by atoms with Crippen LogP contribution in [0, 0.1) is 11.2 Å². The normalized spacial score (nSPS) is 24.9. The Balaban J connectivity index is 1.40. The number of hydrogen-bond donors (Lipinski definition) is 1.